The fraction of sp³-hybridized carbons (Fsp3) is 0.421. The van der Waals surface area contributed by atoms with Gasteiger partial charge in [0.2, 0.25) is 5.95 Å². The van der Waals surface area contributed by atoms with E-state index in [-0.39, 0.29) is 17.2 Å². The van der Waals surface area contributed by atoms with Crippen LogP contribution < -0.4 is 20.5 Å². The van der Waals surface area contributed by atoms with Gasteiger partial charge in [-0.1, -0.05) is 6.07 Å². The number of nitrogens with zero attached hydrogens (tertiary/aromatic N) is 2. The Morgan fingerprint density at radius 3 is 2.68 bits per heavy atom. The Hall–Kier alpha value is -3.15. The van der Waals surface area contributed by atoms with Crippen molar-refractivity contribution in [2.75, 3.05) is 25.1 Å². The normalized spacial score (nSPS) is 14.8. The number of ether oxygens (including phenoxy) is 1. The quantitative estimate of drug-likeness (QED) is 0.539. The summed E-state index contributed by atoms with van der Waals surface area (Å²) in [6, 6.07) is 2.34. The molecule has 1 amide bonds. The van der Waals surface area contributed by atoms with Crippen LogP contribution in [0.3, 0.4) is 0 Å². The molecule has 1 aliphatic carbocycles. The van der Waals surface area contributed by atoms with E-state index in [1.54, 1.807) is 11.9 Å². The zero-order chi connectivity index (χ0) is 22.8. The number of aliphatic hydroxyl groups excluding tert-OH is 1. The van der Waals surface area contributed by atoms with Gasteiger partial charge in [-0.2, -0.15) is 0 Å². The number of aromatic amines is 1. The molecule has 0 spiro atoms. The molecule has 1 aromatic carbocycles. The van der Waals surface area contributed by atoms with Crippen molar-refractivity contribution >= 4 is 11.9 Å². The smallest absolute Gasteiger partial charge is 0.403 e. The highest BCUT2D eigenvalue weighted by molar-refractivity contribution is 5.92. The molecule has 2 aromatic rings. The number of rotatable bonds is 8. The summed E-state index contributed by atoms with van der Waals surface area (Å²) >= 11 is 0. The van der Waals surface area contributed by atoms with E-state index in [2.05, 4.69) is 20.0 Å². The summed E-state index contributed by atoms with van der Waals surface area (Å²) in [5.41, 5.74) is -0.783. The van der Waals surface area contributed by atoms with E-state index in [0.29, 0.717) is 18.5 Å². The van der Waals surface area contributed by atoms with Crippen molar-refractivity contribution < 1.29 is 32.2 Å². The van der Waals surface area contributed by atoms with Crippen molar-refractivity contribution in [1.82, 2.24) is 15.3 Å². The number of alkyl halides is 3. The fourth-order valence-corrected chi connectivity index (χ4v) is 2.92. The summed E-state index contributed by atoms with van der Waals surface area (Å²) in [6.07, 6.45) is -2.91. The fourth-order valence-electron chi connectivity index (χ4n) is 2.92. The molecular formula is C19H20F4N4O4. The van der Waals surface area contributed by atoms with Crippen LogP contribution in [0, 0.1) is 11.7 Å². The van der Waals surface area contributed by atoms with Gasteiger partial charge in [0.1, 0.15) is 5.69 Å². The van der Waals surface area contributed by atoms with Gasteiger partial charge in [-0.05, 0) is 36.5 Å². The molecule has 1 saturated carbocycles. The Kier molecular flexibility index (Phi) is 6.48. The molecule has 0 bridgehead atoms. The Balaban J connectivity index is 1.76. The third-order valence-corrected chi connectivity index (χ3v) is 4.62. The van der Waals surface area contributed by atoms with Gasteiger partial charge >= 0.3 is 6.36 Å². The highest BCUT2D eigenvalue weighted by Crippen LogP contribution is 2.30. The number of carbonyl (C=O) groups is 1. The lowest BCUT2D eigenvalue weighted by molar-refractivity contribution is -0.275. The molecule has 168 valence electrons. The third-order valence-electron chi connectivity index (χ3n) is 4.62. The molecular weight excluding hydrogens is 424 g/mol. The molecule has 0 aliphatic heterocycles. The maximum Gasteiger partial charge on any atom is 0.573 e. The van der Waals surface area contributed by atoms with E-state index in [4.69, 9.17) is 0 Å². The van der Waals surface area contributed by atoms with Gasteiger partial charge in [0.25, 0.3) is 11.5 Å². The Labute approximate surface area is 173 Å². The van der Waals surface area contributed by atoms with Crippen molar-refractivity contribution in [2.24, 2.45) is 5.92 Å². The van der Waals surface area contributed by atoms with E-state index in [1.165, 1.54) is 0 Å². The first kappa shape index (κ1) is 22.5. The lowest BCUT2D eigenvalue weighted by Crippen LogP contribution is -2.33. The van der Waals surface area contributed by atoms with Crippen LogP contribution in [-0.4, -0.2) is 47.5 Å². The largest absolute Gasteiger partial charge is 0.573 e. The summed E-state index contributed by atoms with van der Waals surface area (Å²) in [5, 5.41) is 12.0. The average Bonchev–Trinajstić information content (AvgIpc) is 3.50. The van der Waals surface area contributed by atoms with E-state index in [1.807, 2.05) is 0 Å². The monoisotopic (exact) mass is 444 g/mol. The molecule has 0 unspecified atom stereocenters. The summed E-state index contributed by atoms with van der Waals surface area (Å²) in [4.78, 5) is 32.9. The average molecular weight is 444 g/mol. The second-order valence-corrected chi connectivity index (χ2v) is 7.22. The van der Waals surface area contributed by atoms with Gasteiger partial charge in [-0.15, -0.1) is 13.2 Å². The van der Waals surface area contributed by atoms with Crippen LogP contribution in [0.4, 0.5) is 23.5 Å². The zero-order valence-electron chi connectivity index (χ0n) is 16.4. The number of H-pyrrole nitrogens is 1. The maximum atomic E-state index is 14.0. The number of halogens is 4. The van der Waals surface area contributed by atoms with Crippen LogP contribution in [0.25, 0.3) is 0 Å². The standard InChI is InChI=1S/C19H20F4N4O4/c1-27(8-10-2-3-10)18-25-13(7-16(29)26-18)17(30)24-14(9-28)11-4-5-15(12(20)6-11)31-19(21,22)23/h4-7,10,14,28H,2-3,8-9H2,1H3,(H,24,30)(H,25,26,29)/t14-/m1/s1. The molecule has 0 radical (unpaired) electrons. The molecule has 31 heavy (non-hydrogen) atoms. The summed E-state index contributed by atoms with van der Waals surface area (Å²) in [7, 11) is 1.72. The van der Waals surface area contributed by atoms with Crippen LogP contribution in [0.1, 0.15) is 34.9 Å². The Morgan fingerprint density at radius 1 is 1.39 bits per heavy atom. The zero-order valence-corrected chi connectivity index (χ0v) is 16.4. The van der Waals surface area contributed by atoms with Crippen LogP contribution in [0.15, 0.2) is 29.1 Å². The molecule has 3 rings (SSSR count). The number of aromatic nitrogens is 2. The molecule has 12 heteroatoms. The minimum atomic E-state index is -5.07. The number of hydrogen-bond acceptors (Lipinski definition) is 6. The highest BCUT2D eigenvalue weighted by Gasteiger charge is 2.32. The first-order chi connectivity index (χ1) is 14.6. The van der Waals surface area contributed by atoms with Crippen LogP contribution >= 0.6 is 0 Å². The number of nitrogens with one attached hydrogen (secondary N) is 2. The second kappa shape index (κ2) is 8.92. The molecule has 1 aromatic heterocycles. The van der Waals surface area contributed by atoms with Crippen molar-refractivity contribution in [2.45, 2.75) is 25.2 Å². The topological polar surface area (TPSA) is 108 Å². The lowest BCUT2D eigenvalue weighted by atomic mass is 10.1. The number of anilines is 1. The maximum absolute atomic E-state index is 14.0. The second-order valence-electron chi connectivity index (χ2n) is 7.22. The molecule has 3 N–H and O–H groups in total. The Bertz CT molecular complexity index is 1010. The number of amides is 1. The van der Waals surface area contributed by atoms with Crippen LogP contribution in [0.5, 0.6) is 5.75 Å². The van der Waals surface area contributed by atoms with Gasteiger partial charge in [0.15, 0.2) is 11.6 Å². The third kappa shape index (κ3) is 6.17. The predicted octanol–water partition coefficient (Wildman–Crippen LogP) is 2.12. The van der Waals surface area contributed by atoms with Crippen molar-refractivity contribution in [3.8, 4) is 5.75 Å². The number of aliphatic hydroxyl groups is 1. The van der Waals surface area contributed by atoms with E-state index < -0.39 is 42.0 Å². The molecule has 0 saturated heterocycles. The molecule has 1 heterocycles. The van der Waals surface area contributed by atoms with Crippen molar-refractivity contribution in [3.05, 3.63) is 51.7 Å². The molecule has 1 aliphatic rings. The van der Waals surface area contributed by atoms with Gasteiger partial charge < -0.3 is 20.1 Å². The molecule has 8 nitrogen and oxygen atoms in total. The van der Waals surface area contributed by atoms with E-state index >= 15 is 0 Å². The van der Waals surface area contributed by atoms with Crippen molar-refractivity contribution in [1.29, 1.82) is 0 Å². The van der Waals surface area contributed by atoms with Crippen molar-refractivity contribution in [3.63, 3.8) is 0 Å². The number of hydrogen-bond donors (Lipinski definition) is 3. The van der Waals surface area contributed by atoms with Crippen LogP contribution in [0.2, 0.25) is 0 Å². The predicted molar refractivity (Wildman–Crippen MR) is 101 cm³/mol. The molecule has 1 atom stereocenters. The summed E-state index contributed by atoms with van der Waals surface area (Å²) < 4.78 is 54.3. The molecule has 1 fully saturated rings. The Morgan fingerprint density at radius 2 is 2.10 bits per heavy atom. The SMILES string of the molecule is CN(CC1CC1)c1nc(C(=O)N[C@H](CO)c2ccc(OC(F)(F)F)c(F)c2)cc(=O)[nH]1. The summed E-state index contributed by atoms with van der Waals surface area (Å²) in [6.45, 7) is -0.0127. The first-order valence-corrected chi connectivity index (χ1v) is 9.35. The van der Waals surface area contributed by atoms with Crippen LogP contribution in [-0.2, 0) is 0 Å². The number of carbonyl (C=O) groups excluding carboxylic acids is 1. The first-order valence-electron chi connectivity index (χ1n) is 9.35. The lowest BCUT2D eigenvalue weighted by Gasteiger charge is -2.19. The number of benzene rings is 1. The van der Waals surface area contributed by atoms with Gasteiger partial charge in [0.05, 0.1) is 12.6 Å². The minimum Gasteiger partial charge on any atom is -0.403 e. The van der Waals surface area contributed by atoms with E-state index in [0.717, 1.165) is 31.0 Å². The van der Waals surface area contributed by atoms with Gasteiger partial charge in [0, 0.05) is 19.7 Å². The van der Waals surface area contributed by atoms with E-state index in [9.17, 15) is 32.3 Å². The summed E-state index contributed by atoms with van der Waals surface area (Å²) in [5.74, 6) is -2.47. The highest BCUT2D eigenvalue weighted by atomic mass is 19.4. The van der Waals surface area contributed by atoms with Gasteiger partial charge in [-0.25, -0.2) is 9.37 Å². The van der Waals surface area contributed by atoms with Gasteiger partial charge in [-0.3, -0.25) is 14.6 Å². The minimum absolute atomic E-state index is 0.00112.